The van der Waals surface area contributed by atoms with Crippen LogP contribution in [0.4, 0.5) is 9.18 Å². The number of hydrogen-bond acceptors (Lipinski definition) is 3. The molecule has 3 N–H and O–H groups in total. The minimum absolute atomic E-state index is 0.0204. The van der Waals surface area contributed by atoms with E-state index in [9.17, 15) is 14.0 Å². The molecule has 0 unspecified atom stereocenters. The zero-order valence-electron chi connectivity index (χ0n) is 14.5. The van der Waals surface area contributed by atoms with Crippen molar-refractivity contribution in [3.63, 3.8) is 0 Å². The second-order valence-corrected chi connectivity index (χ2v) is 6.61. The molecule has 1 atom stereocenters. The van der Waals surface area contributed by atoms with Gasteiger partial charge < -0.3 is 20.7 Å². The highest BCUT2D eigenvalue weighted by atomic mass is 35.5. The molecule has 0 radical (unpaired) electrons. The number of nitrogens with one attached hydrogen (secondary N) is 1. The fourth-order valence-corrected chi connectivity index (χ4v) is 3.06. The van der Waals surface area contributed by atoms with Gasteiger partial charge in [-0.05, 0) is 35.4 Å². The second-order valence-electron chi connectivity index (χ2n) is 6.20. The van der Waals surface area contributed by atoms with Crippen molar-refractivity contribution >= 4 is 23.5 Å². The van der Waals surface area contributed by atoms with Crippen LogP contribution in [0.15, 0.2) is 42.5 Å². The van der Waals surface area contributed by atoms with Gasteiger partial charge in [-0.15, -0.1) is 0 Å². The fourth-order valence-electron chi connectivity index (χ4n) is 2.87. The van der Waals surface area contributed by atoms with Crippen molar-refractivity contribution in [2.75, 3.05) is 19.7 Å². The highest BCUT2D eigenvalue weighted by Crippen LogP contribution is 2.26. The van der Waals surface area contributed by atoms with Gasteiger partial charge in [0.05, 0.1) is 18.2 Å². The van der Waals surface area contributed by atoms with Crippen LogP contribution >= 0.6 is 11.6 Å². The number of nitrogens with zero attached hydrogens (tertiary/aromatic N) is 1. The Morgan fingerprint density at radius 2 is 2.11 bits per heavy atom. The summed E-state index contributed by atoms with van der Waals surface area (Å²) < 4.78 is 19.0. The lowest BCUT2D eigenvalue weighted by Gasteiger charge is -2.33. The zero-order valence-corrected chi connectivity index (χ0v) is 15.2. The number of carbonyl (C=O) groups is 2. The van der Waals surface area contributed by atoms with Crippen molar-refractivity contribution in [3.8, 4) is 0 Å². The third-order valence-corrected chi connectivity index (χ3v) is 4.61. The van der Waals surface area contributed by atoms with E-state index in [1.54, 1.807) is 35.2 Å². The number of benzene rings is 2. The molecule has 1 saturated heterocycles. The highest BCUT2D eigenvalue weighted by molar-refractivity contribution is 6.30. The quantitative estimate of drug-likeness (QED) is 0.840. The Kier molecular flexibility index (Phi) is 5.93. The molecule has 0 spiro atoms. The normalized spacial score (nSPS) is 16.8. The molecule has 0 bridgehead atoms. The van der Waals surface area contributed by atoms with E-state index < -0.39 is 11.7 Å². The monoisotopic (exact) mass is 391 g/mol. The second kappa shape index (κ2) is 8.37. The van der Waals surface area contributed by atoms with Crippen LogP contribution in [-0.2, 0) is 11.3 Å². The van der Waals surface area contributed by atoms with Crippen LogP contribution < -0.4 is 11.1 Å². The average Bonchev–Trinajstić information content (AvgIpc) is 2.68. The third-order valence-electron chi connectivity index (χ3n) is 4.32. The van der Waals surface area contributed by atoms with E-state index in [-0.39, 0.29) is 23.7 Å². The lowest BCUT2D eigenvalue weighted by molar-refractivity contribution is -0.0155. The van der Waals surface area contributed by atoms with Crippen LogP contribution in [0, 0.1) is 5.82 Å². The largest absolute Gasteiger partial charge is 0.370 e. The minimum Gasteiger partial charge on any atom is -0.370 e. The van der Waals surface area contributed by atoms with Gasteiger partial charge in [-0.3, -0.25) is 4.79 Å². The van der Waals surface area contributed by atoms with E-state index in [2.05, 4.69) is 5.32 Å². The van der Waals surface area contributed by atoms with Crippen LogP contribution in [-0.4, -0.2) is 36.5 Å². The summed E-state index contributed by atoms with van der Waals surface area (Å²) in [5, 5.41) is 2.84. The Hall–Kier alpha value is -2.64. The van der Waals surface area contributed by atoms with Gasteiger partial charge in [-0.1, -0.05) is 29.8 Å². The number of rotatable bonds is 4. The van der Waals surface area contributed by atoms with Crippen molar-refractivity contribution in [2.45, 2.75) is 12.6 Å². The van der Waals surface area contributed by atoms with E-state index in [4.69, 9.17) is 22.1 Å². The van der Waals surface area contributed by atoms with Crippen LogP contribution in [0.5, 0.6) is 0 Å². The maximum absolute atomic E-state index is 13.3. The van der Waals surface area contributed by atoms with Gasteiger partial charge in [0, 0.05) is 18.7 Å². The molecule has 2 aromatic rings. The summed E-state index contributed by atoms with van der Waals surface area (Å²) >= 11 is 5.83. The maximum Gasteiger partial charge on any atom is 0.317 e. The van der Waals surface area contributed by atoms with Crippen molar-refractivity contribution < 1.29 is 18.7 Å². The molecular weight excluding hydrogens is 373 g/mol. The third kappa shape index (κ3) is 4.75. The first-order chi connectivity index (χ1) is 12.9. The summed E-state index contributed by atoms with van der Waals surface area (Å²) in [6.07, 6.45) is -0.374. The molecule has 3 rings (SSSR count). The summed E-state index contributed by atoms with van der Waals surface area (Å²) in [6.45, 7) is 1.41. The van der Waals surface area contributed by atoms with Crippen molar-refractivity contribution in [1.29, 1.82) is 0 Å². The van der Waals surface area contributed by atoms with E-state index in [1.807, 2.05) is 0 Å². The lowest BCUT2D eigenvalue weighted by atomic mass is 10.1. The van der Waals surface area contributed by atoms with E-state index in [1.165, 1.54) is 12.1 Å². The SMILES string of the molecule is NC(=O)c1cccc(CNC(=O)N2CCO[C@@H](c3ccc(F)c(Cl)c3)C2)c1. The topological polar surface area (TPSA) is 84.7 Å². The number of nitrogens with two attached hydrogens (primary N) is 1. The predicted octanol–water partition coefficient (Wildman–Crippen LogP) is 2.86. The van der Waals surface area contributed by atoms with Crippen LogP contribution in [0.25, 0.3) is 0 Å². The smallest absolute Gasteiger partial charge is 0.317 e. The minimum atomic E-state index is -0.517. The molecule has 1 fully saturated rings. The molecule has 2 aromatic carbocycles. The molecule has 0 aliphatic carbocycles. The molecule has 1 aliphatic heterocycles. The maximum atomic E-state index is 13.3. The number of primary amides is 1. The zero-order chi connectivity index (χ0) is 19.4. The molecule has 1 aliphatic rings. The molecule has 0 aromatic heterocycles. The molecule has 1 heterocycles. The first-order valence-electron chi connectivity index (χ1n) is 8.42. The molecule has 142 valence electrons. The van der Waals surface area contributed by atoms with Gasteiger partial charge in [-0.2, -0.15) is 0 Å². The molecule has 0 saturated carbocycles. The average molecular weight is 392 g/mol. The van der Waals surface area contributed by atoms with Crippen LogP contribution in [0.2, 0.25) is 5.02 Å². The molecule has 8 heteroatoms. The van der Waals surface area contributed by atoms with Gasteiger partial charge in [0.1, 0.15) is 11.9 Å². The Bertz CT molecular complexity index is 862. The van der Waals surface area contributed by atoms with Crippen molar-refractivity contribution in [2.24, 2.45) is 5.73 Å². The Balaban J connectivity index is 1.60. The van der Waals surface area contributed by atoms with Crippen molar-refractivity contribution in [1.82, 2.24) is 10.2 Å². The molecular formula is C19H19ClFN3O3. The summed E-state index contributed by atoms with van der Waals surface area (Å²) in [5.41, 5.74) is 7.14. The van der Waals surface area contributed by atoms with E-state index in [0.717, 1.165) is 5.56 Å². The molecule has 6 nitrogen and oxygen atoms in total. The Morgan fingerprint density at radius 1 is 1.30 bits per heavy atom. The number of urea groups is 1. The number of carbonyl (C=O) groups excluding carboxylic acids is 2. The Labute approximate surface area is 161 Å². The number of ether oxygens (including phenoxy) is 1. The predicted molar refractivity (Wildman–Crippen MR) is 98.9 cm³/mol. The van der Waals surface area contributed by atoms with Gasteiger partial charge in [0.15, 0.2) is 0 Å². The number of morpholine rings is 1. The summed E-state index contributed by atoms with van der Waals surface area (Å²) in [4.78, 5) is 25.3. The van der Waals surface area contributed by atoms with Gasteiger partial charge in [-0.25, -0.2) is 9.18 Å². The number of hydrogen-bond donors (Lipinski definition) is 2. The summed E-state index contributed by atoms with van der Waals surface area (Å²) in [7, 11) is 0. The fraction of sp³-hybridized carbons (Fsp3) is 0.263. The Morgan fingerprint density at radius 3 is 2.85 bits per heavy atom. The summed E-state index contributed by atoms with van der Waals surface area (Å²) in [6, 6.07) is 10.9. The molecule has 27 heavy (non-hydrogen) atoms. The lowest BCUT2D eigenvalue weighted by Crippen LogP contribution is -2.47. The number of halogens is 2. The first kappa shape index (κ1) is 19.1. The van der Waals surface area contributed by atoms with Gasteiger partial charge >= 0.3 is 6.03 Å². The summed E-state index contributed by atoms with van der Waals surface area (Å²) in [5.74, 6) is -1.01. The van der Waals surface area contributed by atoms with Gasteiger partial charge in [0.2, 0.25) is 5.91 Å². The van der Waals surface area contributed by atoms with Crippen molar-refractivity contribution in [3.05, 3.63) is 70.0 Å². The van der Waals surface area contributed by atoms with E-state index in [0.29, 0.717) is 30.8 Å². The van der Waals surface area contributed by atoms with E-state index >= 15 is 0 Å². The van der Waals surface area contributed by atoms with Crippen LogP contribution in [0.1, 0.15) is 27.6 Å². The first-order valence-corrected chi connectivity index (χ1v) is 8.80. The standard InChI is InChI=1S/C19H19ClFN3O3/c20-15-9-13(4-5-16(15)21)17-11-24(6-7-27-17)19(26)23-10-12-2-1-3-14(8-12)18(22)25/h1-5,8-9,17H,6-7,10-11H2,(H2,22,25)(H,23,26)/t17-/m1/s1. The molecule has 3 amide bonds. The number of amides is 3. The van der Waals surface area contributed by atoms with Gasteiger partial charge in [0.25, 0.3) is 0 Å². The van der Waals surface area contributed by atoms with Crippen LogP contribution in [0.3, 0.4) is 0 Å². The highest BCUT2D eigenvalue weighted by Gasteiger charge is 2.25.